The van der Waals surface area contributed by atoms with Crippen LogP contribution >= 0.6 is 0 Å². The molecule has 0 atom stereocenters. The van der Waals surface area contributed by atoms with E-state index in [4.69, 9.17) is 0 Å². The lowest BCUT2D eigenvalue weighted by molar-refractivity contribution is 0.0976. The molecule has 0 aliphatic carbocycles. The van der Waals surface area contributed by atoms with Crippen LogP contribution < -0.4 is 0 Å². The summed E-state index contributed by atoms with van der Waals surface area (Å²) in [4.78, 5) is 0. The molecule has 1 heterocycles. The molecule has 2 nitrogen and oxygen atoms in total. The maximum Gasteiger partial charge on any atom is 0.484 e. The van der Waals surface area contributed by atoms with E-state index >= 15 is 0 Å². The van der Waals surface area contributed by atoms with Gasteiger partial charge in [0.2, 0.25) is 0 Å². The van der Waals surface area contributed by atoms with Gasteiger partial charge in [-0.25, -0.2) is 0 Å². The van der Waals surface area contributed by atoms with E-state index in [1.54, 1.807) is 0 Å². The standard InChI is InChI=1S/CF2N2/c2-1(3)4-5-1. The number of hydrogen-bond donors (Lipinski definition) is 0. The molecule has 5 heavy (non-hydrogen) atoms. The molecule has 0 fully saturated rings. The van der Waals surface area contributed by atoms with Crippen LogP contribution in [0.1, 0.15) is 0 Å². The average molecular weight is 78.0 g/mol. The Morgan fingerprint density at radius 2 is 1.40 bits per heavy atom. The molecule has 0 aromatic rings. The summed E-state index contributed by atoms with van der Waals surface area (Å²) in [6, 6.07) is 0. The molecule has 0 N–H and O–H groups in total. The number of hydrogen-bond acceptors (Lipinski definition) is 2. The monoisotopic (exact) mass is 78.0 g/mol. The highest BCUT2D eigenvalue weighted by Crippen LogP contribution is 2.29. The minimum atomic E-state index is -3.00. The van der Waals surface area contributed by atoms with E-state index in [0.717, 1.165) is 0 Å². The van der Waals surface area contributed by atoms with Crippen molar-refractivity contribution in [2.75, 3.05) is 0 Å². The number of rotatable bonds is 0. The third kappa shape index (κ3) is 0.371. The molecule has 1 rings (SSSR count). The molecule has 0 spiro atoms. The zero-order chi connectivity index (χ0) is 3.91. The van der Waals surface area contributed by atoms with Crippen LogP contribution in [0.3, 0.4) is 0 Å². The minimum Gasteiger partial charge on any atom is -0.155 e. The summed E-state index contributed by atoms with van der Waals surface area (Å²) < 4.78 is 21.6. The second kappa shape index (κ2) is 0.376. The maximum atomic E-state index is 10.8. The predicted molar refractivity (Wildman–Crippen MR) is 9.80 cm³/mol. The Kier molecular flexibility index (Phi) is 0.202. The van der Waals surface area contributed by atoms with E-state index in [2.05, 4.69) is 10.2 Å². The summed E-state index contributed by atoms with van der Waals surface area (Å²) in [6.45, 7) is 0. The molecule has 4 heteroatoms. The van der Waals surface area contributed by atoms with Crippen molar-refractivity contribution in [3.8, 4) is 0 Å². The summed E-state index contributed by atoms with van der Waals surface area (Å²) in [5.41, 5.74) is 0. The van der Waals surface area contributed by atoms with Crippen molar-refractivity contribution in [2.24, 2.45) is 10.2 Å². The topological polar surface area (TPSA) is 24.7 Å². The van der Waals surface area contributed by atoms with Crippen LogP contribution in [0.25, 0.3) is 0 Å². The zero-order valence-corrected chi connectivity index (χ0v) is 2.15. The summed E-state index contributed by atoms with van der Waals surface area (Å²) in [5.74, 6) is 0. The Balaban J connectivity index is 2.47. The fourth-order valence-electron chi connectivity index (χ4n) is 0.0378. The highest BCUT2D eigenvalue weighted by molar-refractivity contribution is 4.63. The normalized spacial score (nSPS) is 26.8. The van der Waals surface area contributed by atoms with Gasteiger partial charge in [0, 0.05) is 0 Å². The van der Waals surface area contributed by atoms with E-state index < -0.39 is 6.17 Å². The lowest BCUT2D eigenvalue weighted by Gasteiger charge is -1.69. The first-order valence-corrected chi connectivity index (χ1v) is 1.03. The Morgan fingerprint density at radius 3 is 1.40 bits per heavy atom. The smallest absolute Gasteiger partial charge is 0.155 e. The van der Waals surface area contributed by atoms with Gasteiger partial charge in [0.15, 0.2) is 0 Å². The van der Waals surface area contributed by atoms with Crippen molar-refractivity contribution in [2.45, 2.75) is 6.17 Å². The van der Waals surface area contributed by atoms with Crippen LogP contribution in [0.5, 0.6) is 0 Å². The third-order valence-electron chi connectivity index (χ3n) is 0.251. The van der Waals surface area contributed by atoms with Gasteiger partial charge in [0.25, 0.3) is 0 Å². The summed E-state index contributed by atoms with van der Waals surface area (Å²) >= 11 is 0. The van der Waals surface area contributed by atoms with Crippen molar-refractivity contribution in [1.82, 2.24) is 0 Å². The van der Waals surface area contributed by atoms with Crippen LogP contribution in [0.15, 0.2) is 10.2 Å². The van der Waals surface area contributed by atoms with E-state index in [-0.39, 0.29) is 0 Å². The maximum absolute atomic E-state index is 10.8. The molecule has 0 radical (unpaired) electrons. The molecule has 28 valence electrons. The molecule has 1 aliphatic rings. The Labute approximate surface area is 26.5 Å². The molecular weight excluding hydrogens is 78.0 g/mol. The molecular formula is CF2N2. The van der Waals surface area contributed by atoms with Crippen molar-refractivity contribution in [1.29, 1.82) is 0 Å². The quantitative estimate of drug-likeness (QED) is 0.386. The van der Waals surface area contributed by atoms with Gasteiger partial charge < -0.3 is 0 Å². The van der Waals surface area contributed by atoms with Crippen LogP contribution in [-0.4, -0.2) is 6.17 Å². The Bertz CT molecular complexity index is 67.7. The van der Waals surface area contributed by atoms with Gasteiger partial charge >= 0.3 is 6.17 Å². The van der Waals surface area contributed by atoms with E-state index in [1.807, 2.05) is 0 Å². The molecule has 0 aromatic carbocycles. The fraction of sp³-hybridized carbons (Fsp3) is 1.00. The molecule has 0 aromatic heterocycles. The third-order valence-corrected chi connectivity index (χ3v) is 0.251. The number of nitrogens with zero attached hydrogens (tertiary/aromatic N) is 2. The van der Waals surface area contributed by atoms with Crippen LogP contribution in [-0.2, 0) is 0 Å². The van der Waals surface area contributed by atoms with Gasteiger partial charge in [-0.15, -0.1) is 0 Å². The summed E-state index contributed by atoms with van der Waals surface area (Å²) in [6.07, 6.45) is -3.00. The summed E-state index contributed by atoms with van der Waals surface area (Å²) in [7, 11) is 0. The van der Waals surface area contributed by atoms with Gasteiger partial charge in [0.05, 0.1) is 0 Å². The predicted octanol–water partition coefficient (Wildman–Crippen LogP) is 1.00. The van der Waals surface area contributed by atoms with Crippen molar-refractivity contribution < 1.29 is 8.78 Å². The van der Waals surface area contributed by atoms with Gasteiger partial charge in [-0.2, -0.15) is 8.78 Å². The second-order valence-corrected chi connectivity index (χ2v) is 0.709. The fourth-order valence-corrected chi connectivity index (χ4v) is 0.0378. The van der Waals surface area contributed by atoms with Gasteiger partial charge in [-0.3, -0.25) is 0 Å². The zero-order valence-electron chi connectivity index (χ0n) is 2.15. The van der Waals surface area contributed by atoms with E-state index in [0.29, 0.717) is 0 Å². The minimum absolute atomic E-state index is 2.33. The summed E-state index contributed by atoms with van der Waals surface area (Å²) in [5, 5.41) is 4.65. The Hall–Kier alpha value is -0.540. The number of alkyl halides is 2. The lowest BCUT2D eigenvalue weighted by atomic mass is 11.2. The van der Waals surface area contributed by atoms with Gasteiger partial charge in [-0.05, 0) is 0 Å². The first-order chi connectivity index (χ1) is 2.21. The molecule has 1 aliphatic heterocycles. The van der Waals surface area contributed by atoms with E-state index in [9.17, 15) is 8.78 Å². The average Bonchev–Trinajstić information content (AvgIpc) is 1.76. The second-order valence-electron chi connectivity index (χ2n) is 0.709. The largest absolute Gasteiger partial charge is 0.484 e. The van der Waals surface area contributed by atoms with Crippen molar-refractivity contribution >= 4 is 0 Å². The molecule has 0 unspecified atom stereocenters. The van der Waals surface area contributed by atoms with Crippen molar-refractivity contribution in [3.63, 3.8) is 0 Å². The van der Waals surface area contributed by atoms with Crippen molar-refractivity contribution in [3.05, 3.63) is 0 Å². The first kappa shape index (κ1) is 2.68. The molecule has 0 amide bonds. The van der Waals surface area contributed by atoms with Crippen LogP contribution in [0, 0.1) is 0 Å². The highest BCUT2D eigenvalue weighted by atomic mass is 19.3. The van der Waals surface area contributed by atoms with Crippen LogP contribution in [0.4, 0.5) is 8.78 Å². The molecule has 0 bridgehead atoms. The van der Waals surface area contributed by atoms with Gasteiger partial charge in [-0.1, -0.05) is 10.2 Å². The molecule has 0 saturated heterocycles. The Morgan fingerprint density at radius 1 is 1.20 bits per heavy atom. The lowest BCUT2D eigenvalue weighted by Crippen LogP contribution is -1.83. The van der Waals surface area contributed by atoms with Gasteiger partial charge in [0.1, 0.15) is 0 Å². The highest BCUT2D eigenvalue weighted by Gasteiger charge is 2.40. The number of halogens is 2. The first-order valence-electron chi connectivity index (χ1n) is 1.03. The SMILES string of the molecule is FC1(F)N=N1. The van der Waals surface area contributed by atoms with E-state index in [1.165, 1.54) is 0 Å². The molecule has 0 saturated carbocycles. The van der Waals surface area contributed by atoms with Crippen LogP contribution in [0.2, 0.25) is 0 Å².